The minimum absolute atomic E-state index is 0.500. The van der Waals surface area contributed by atoms with Gasteiger partial charge >= 0.3 is 0 Å². The summed E-state index contributed by atoms with van der Waals surface area (Å²) in [6.45, 7) is 1.85. The van der Waals surface area contributed by atoms with Gasteiger partial charge in [-0.25, -0.2) is 0 Å². The van der Waals surface area contributed by atoms with Crippen molar-refractivity contribution in [2.75, 3.05) is 12.8 Å². The Morgan fingerprint density at radius 1 is 1.50 bits per heavy atom. The predicted octanol–water partition coefficient (Wildman–Crippen LogP) is 1.46. The maximum Gasteiger partial charge on any atom is 0.142 e. The third-order valence-corrected chi connectivity index (χ3v) is 1.70. The van der Waals surface area contributed by atoms with Gasteiger partial charge in [0.05, 0.1) is 24.4 Å². The van der Waals surface area contributed by atoms with Crippen LogP contribution in [0.3, 0.4) is 0 Å². The Morgan fingerprint density at radius 2 is 2.17 bits per heavy atom. The maximum absolute atomic E-state index is 8.66. The van der Waals surface area contributed by atoms with E-state index in [0.717, 1.165) is 5.56 Å². The number of nitrogens with two attached hydrogens (primary N) is 1. The molecule has 0 spiro atoms. The Hall–Kier alpha value is -1.69. The van der Waals surface area contributed by atoms with E-state index in [2.05, 4.69) is 6.07 Å². The molecule has 12 heavy (non-hydrogen) atoms. The lowest BCUT2D eigenvalue weighted by Gasteiger charge is -2.05. The molecule has 62 valence electrons. The van der Waals surface area contributed by atoms with Gasteiger partial charge in [0.15, 0.2) is 0 Å². The number of nitrogens with zero attached hydrogens (tertiary/aromatic N) is 1. The van der Waals surface area contributed by atoms with Crippen LogP contribution in [0.4, 0.5) is 5.69 Å². The van der Waals surface area contributed by atoms with Crippen molar-refractivity contribution in [1.82, 2.24) is 0 Å². The van der Waals surface area contributed by atoms with E-state index >= 15 is 0 Å². The smallest absolute Gasteiger partial charge is 0.142 e. The molecule has 0 aliphatic heterocycles. The summed E-state index contributed by atoms with van der Waals surface area (Å²) in [5.41, 5.74) is 7.57. The van der Waals surface area contributed by atoms with Crippen LogP contribution in [0.1, 0.15) is 11.1 Å². The molecule has 0 saturated heterocycles. The van der Waals surface area contributed by atoms with Gasteiger partial charge in [0, 0.05) is 0 Å². The van der Waals surface area contributed by atoms with Gasteiger partial charge in [-0.2, -0.15) is 5.26 Å². The molecule has 1 aromatic rings. The average Bonchev–Trinajstić information content (AvgIpc) is 2.08. The fourth-order valence-electron chi connectivity index (χ4n) is 0.995. The second-order valence-corrected chi connectivity index (χ2v) is 2.52. The van der Waals surface area contributed by atoms with Gasteiger partial charge in [-0.1, -0.05) is 0 Å². The second-order valence-electron chi connectivity index (χ2n) is 2.52. The molecule has 0 heterocycles. The standard InChI is InChI=1S/C9H10N2O/c1-6-3-9(12-2)8(11)4-7(6)5-10/h3-4H,11H2,1-2H3. The molecule has 0 radical (unpaired) electrons. The first kappa shape index (κ1) is 8.41. The van der Waals surface area contributed by atoms with Crippen LogP contribution in [0.2, 0.25) is 0 Å². The molecule has 0 aliphatic carbocycles. The highest BCUT2D eigenvalue weighted by Gasteiger charge is 2.03. The molecule has 2 N–H and O–H groups in total. The van der Waals surface area contributed by atoms with Crippen LogP contribution in [0.15, 0.2) is 12.1 Å². The van der Waals surface area contributed by atoms with E-state index in [9.17, 15) is 0 Å². The van der Waals surface area contributed by atoms with Crippen LogP contribution in [0.25, 0.3) is 0 Å². The van der Waals surface area contributed by atoms with E-state index in [1.54, 1.807) is 19.2 Å². The van der Waals surface area contributed by atoms with Crippen LogP contribution in [0.5, 0.6) is 5.75 Å². The minimum atomic E-state index is 0.500. The van der Waals surface area contributed by atoms with Gasteiger partial charge in [0.1, 0.15) is 5.75 Å². The lowest BCUT2D eigenvalue weighted by atomic mass is 10.1. The van der Waals surface area contributed by atoms with E-state index < -0.39 is 0 Å². The van der Waals surface area contributed by atoms with E-state index in [0.29, 0.717) is 17.0 Å². The molecule has 0 amide bonds. The number of hydrogen-bond donors (Lipinski definition) is 1. The molecule has 0 aliphatic rings. The van der Waals surface area contributed by atoms with Crippen molar-refractivity contribution in [2.45, 2.75) is 6.92 Å². The summed E-state index contributed by atoms with van der Waals surface area (Å²) in [6, 6.07) is 5.43. The van der Waals surface area contributed by atoms with Crippen molar-refractivity contribution in [3.8, 4) is 11.8 Å². The number of nitriles is 1. The number of ether oxygens (including phenoxy) is 1. The van der Waals surface area contributed by atoms with Crippen molar-refractivity contribution in [2.24, 2.45) is 0 Å². The molecule has 3 nitrogen and oxygen atoms in total. The van der Waals surface area contributed by atoms with Gasteiger partial charge in [0.2, 0.25) is 0 Å². The maximum atomic E-state index is 8.66. The summed E-state index contributed by atoms with van der Waals surface area (Å²) < 4.78 is 4.99. The molecule has 0 saturated carbocycles. The first-order chi connectivity index (χ1) is 5.69. The molecule has 0 unspecified atom stereocenters. The molecular formula is C9H10N2O. The van der Waals surface area contributed by atoms with Crippen LogP contribution < -0.4 is 10.5 Å². The Morgan fingerprint density at radius 3 is 2.67 bits per heavy atom. The summed E-state index contributed by atoms with van der Waals surface area (Å²) in [5, 5.41) is 8.66. The third kappa shape index (κ3) is 1.32. The van der Waals surface area contributed by atoms with Crippen LogP contribution >= 0.6 is 0 Å². The Bertz CT molecular complexity index is 338. The molecule has 0 aromatic heterocycles. The quantitative estimate of drug-likeness (QED) is 0.636. The minimum Gasteiger partial charge on any atom is -0.495 e. The molecule has 1 rings (SSSR count). The lowest BCUT2D eigenvalue weighted by Crippen LogP contribution is -1.94. The number of rotatable bonds is 1. The second kappa shape index (κ2) is 3.14. The molecule has 1 aromatic carbocycles. The third-order valence-electron chi connectivity index (χ3n) is 1.70. The first-order valence-corrected chi connectivity index (χ1v) is 3.53. The number of methoxy groups -OCH3 is 1. The zero-order valence-electron chi connectivity index (χ0n) is 7.09. The number of aryl methyl sites for hydroxylation is 1. The van der Waals surface area contributed by atoms with Crippen molar-refractivity contribution >= 4 is 5.69 Å². The topological polar surface area (TPSA) is 59.0 Å². The van der Waals surface area contributed by atoms with Crippen LogP contribution in [-0.2, 0) is 0 Å². The van der Waals surface area contributed by atoms with Gasteiger partial charge in [-0.3, -0.25) is 0 Å². The summed E-state index contributed by atoms with van der Waals surface area (Å²) in [6.07, 6.45) is 0. The fourth-order valence-corrected chi connectivity index (χ4v) is 0.995. The van der Waals surface area contributed by atoms with Crippen molar-refractivity contribution in [3.05, 3.63) is 23.3 Å². The SMILES string of the molecule is COc1cc(C)c(C#N)cc1N. The first-order valence-electron chi connectivity index (χ1n) is 3.53. The summed E-state index contributed by atoms with van der Waals surface area (Å²) in [7, 11) is 1.55. The van der Waals surface area contributed by atoms with Gasteiger partial charge < -0.3 is 10.5 Å². The molecule has 0 atom stereocenters. The highest BCUT2D eigenvalue weighted by molar-refractivity contribution is 5.59. The largest absolute Gasteiger partial charge is 0.495 e. The highest BCUT2D eigenvalue weighted by Crippen LogP contribution is 2.24. The number of anilines is 1. The predicted molar refractivity (Wildman–Crippen MR) is 46.9 cm³/mol. The van der Waals surface area contributed by atoms with Crippen molar-refractivity contribution in [3.63, 3.8) is 0 Å². The van der Waals surface area contributed by atoms with Crippen LogP contribution in [0, 0.1) is 18.3 Å². The Kier molecular flexibility index (Phi) is 2.20. The van der Waals surface area contributed by atoms with Crippen molar-refractivity contribution in [1.29, 1.82) is 5.26 Å². The Balaban J connectivity index is 3.28. The number of hydrogen-bond acceptors (Lipinski definition) is 3. The summed E-state index contributed by atoms with van der Waals surface area (Å²) in [5.74, 6) is 0.617. The summed E-state index contributed by atoms with van der Waals surface area (Å²) in [4.78, 5) is 0. The number of benzene rings is 1. The number of nitrogen functional groups attached to an aromatic ring is 1. The fraction of sp³-hybridized carbons (Fsp3) is 0.222. The molecule has 0 fully saturated rings. The molecular weight excluding hydrogens is 152 g/mol. The average molecular weight is 162 g/mol. The monoisotopic (exact) mass is 162 g/mol. The van der Waals surface area contributed by atoms with E-state index in [1.165, 1.54) is 0 Å². The van der Waals surface area contributed by atoms with Crippen molar-refractivity contribution < 1.29 is 4.74 Å². The lowest BCUT2D eigenvalue weighted by molar-refractivity contribution is 0.416. The van der Waals surface area contributed by atoms with Gasteiger partial charge in [-0.05, 0) is 24.6 Å². The van der Waals surface area contributed by atoms with E-state index in [1.807, 2.05) is 6.92 Å². The van der Waals surface area contributed by atoms with Crippen LogP contribution in [-0.4, -0.2) is 7.11 Å². The molecule has 0 bridgehead atoms. The van der Waals surface area contributed by atoms with E-state index in [-0.39, 0.29) is 0 Å². The zero-order valence-corrected chi connectivity index (χ0v) is 7.09. The zero-order chi connectivity index (χ0) is 9.14. The molecule has 3 heteroatoms. The normalized spacial score (nSPS) is 9.08. The van der Waals surface area contributed by atoms with Gasteiger partial charge in [-0.15, -0.1) is 0 Å². The summed E-state index contributed by atoms with van der Waals surface area (Å²) >= 11 is 0. The Labute approximate surface area is 71.4 Å². The highest BCUT2D eigenvalue weighted by atomic mass is 16.5. The van der Waals surface area contributed by atoms with E-state index in [4.69, 9.17) is 15.7 Å². The van der Waals surface area contributed by atoms with Gasteiger partial charge in [0.25, 0.3) is 0 Å².